The Morgan fingerprint density at radius 3 is 2.93 bits per heavy atom. The Morgan fingerprint density at radius 1 is 1.39 bits per heavy atom. The predicted molar refractivity (Wildman–Crippen MR) is 109 cm³/mol. The first-order chi connectivity index (χ1) is 13.7. The fourth-order valence-electron chi connectivity index (χ4n) is 2.62. The minimum Gasteiger partial charge on any atom is -0.385 e. The van der Waals surface area contributed by atoms with Crippen LogP contribution >= 0.6 is 23.1 Å². The molecule has 2 N–H and O–H groups in total. The van der Waals surface area contributed by atoms with Crippen molar-refractivity contribution in [2.24, 2.45) is 0 Å². The lowest BCUT2D eigenvalue weighted by Crippen LogP contribution is -2.30. The molecule has 1 amide bonds. The maximum absolute atomic E-state index is 12.6. The van der Waals surface area contributed by atoms with Gasteiger partial charge in [-0.1, -0.05) is 42.1 Å². The van der Waals surface area contributed by atoms with E-state index in [1.54, 1.807) is 13.3 Å². The van der Waals surface area contributed by atoms with E-state index < -0.39 is 0 Å². The van der Waals surface area contributed by atoms with E-state index in [1.165, 1.54) is 27.7 Å². The molecule has 0 saturated heterocycles. The van der Waals surface area contributed by atoms with Crippen LogP contribution in [0.4, 0.5) is 0 Å². The molecule has 3 aromatic rings. The first-order valence-corrected chi connectivity index (χ1v) is 10.6. The van der Waals surface area contributed by atoms with Crippen molar-refractivity contribution in [3.05, 3.63) is 63.0 Å². The molecule has 1 unspecified atom stereocenters. The molecule has 0 bridgehead atoms. The summed E-state index contributed by atoms with van der Waals surface area (Å²) in [7, 11) is 1.61. The van der Waals surface area contributed by atoms with Crippen LogP contribution in [0, 0.1) is 0 Å². The van der Waals surface area contributed by atoms with Crippen LogP contribution in [-0.2, 0) is 16.1 Å². The lowest BCUT2D eigenvalue weighted by molar-refractivity contribution is -0.119. The Morgan fingerprint density at radius 2 is 2.21 bits per heavy atom. The van der Waals surface area contributed by atoms with Gasteiger partial charge < -0.3 is 10.1 Å². The summed E-state index contributed by atoms with van der Waals surface area (Å²) in [6, 6.07) is 9.40. The third-order valence-electron chi connectivity index (χ3n) is 3.92. The number of H-pyrrole nitrogens is 1. The first-order valence-electron chi connectivity index (χ1n) is 8.69. The maximum Gasteiger partial charge on any atom is 0.343 e. The minimum atomic E-state index is -0.308. The van der Waals surface area contributed by atoms with Crippen LogP contribution in [0.2, 0.25) is 0 Å². The fraction of sp³-hybridized carbons (Fsp3) is 0.333. The van der Waals surface area contributed by atoms with E-state index in [9.17, 15) is 9.59 Å². The van der Waals surface area contributed by atoms with Crippen LogP contribution in [0.25, 0.3) is 0 Å². The zero-order chi connectivity index (χ0) is 19.8. The van der Waals surface area contributed by atoms with E-state index in [4.69, 9.17) is 4.74 Å². The summed E-state index contributed by atoms with van der Waals surface area (Å²) in [5, 5.41) is 12.7. The Balaban J connectivity index is 1.64. The molecule has 1 aromatic carbocycles. The zero-order valence-electron chi connectivity index (χ0n) is 15.3. The minimum absolute atomic E-state index is 0.142. The molecule has 0 aliphatic heterocycles. The van der Waals surface area contributed by atoms with Crippen molar-refractivity contribution in [3.8, 4) is 0 Å². The summed E-state index contributed by atoms with van der Waals surface area (Å²) < 4.78 is 6.54. The largest absolute Gasteiger partial charge is 0.385 e. The Labute approximate surface area is 170 Å². The molecule has 2 aromatic heterocycles. The molecule has 8 nitrogen and oxygen atoms in total. The van der Waals surface area contributed by atoms with Crippen molar-refractivity contribution in [2.45, 2.75) is 24.2 Å². The molecule has 0 spiro atoms. The molecule has 1 atom stereocenters. The zero-order valence-corrected chi connectivity index (χ0v) is 17.0. The third kappa shape index (κ3) is 5.31. The Hall–Kier alpha value is -2.43. The summed E-state index contributed by atoms with van der Waals surface area (Å²) >= 11 is 2.71. The molecule has 0 radical (unpaired) electrons. The van der Waals surface area contributed by atoms with Gasteiger partial charge in [-0.05, 0) is 12.0 Å². The third-order valence-corrected chi connectivity index (χ3v) is 5.74. The van der Waals surface area contributed by atoms with Gasteiger partial charge >= 0.3 is 5.69 Å². The van der Waals surface area contributed by atoms with Crippen LogP contribution in [0.3, 0.4) is 0 Å². The van der Waals surface area contributed by atoms with Gasteiger partial charge in [-0.15, -0.1) is 16.4 Å². The number of aromatic amines is 1. The Bertz CT molecular complexity index is 924. The van der Waals surface area contributed by atoms with Gasteiger partial charge in [-0.3, -0.25) is 9.36 Å². The number of hydrogen-bond donors (Lipinski definition) is 2. The molecule has 0 aliphatic rings. The number of hydrogen-bond acceptors (Lipinski definition) is 7. The van der Waals surface area contributed by atoms with E-state index >= 15 is 0 Å². The van der Waals surface area contributed by atoms with Crippen LogP contribution in [-0.4, -0.2) is 45.1 Å². The van der Waals surface area contributed by atoms with E-state index in [-0.39, 0.29) is 23.4 Å². The number of carbonyl (C=O) groups excluding carboxylic acids is 1. The van der Waals surface area contributed by atoms with Gasteiger partial charge in [0, 0.05) is 31.8 Å². The summed E-state index contributed by atoms with van der Waals surface area (Å²) in [5.41, 5.74) is 0.677. The quantitative estimate of drug-likeness (QED) is 0.385. The van der Waals surface area contributed by atoms with Crippen molar-refractivity contribution >= 4 is 29.0 Å². The van der Waals surface area contributed by atoms with Gasteiger partial charge in [0.25, 0.3) is 0 Å². The number of thiazole rings is 1. The topological polar surface area (TPSA) is 102 Å². The number of nitrogens with zero attached hydrogens (tertiary/aromatic N) is 3. The highest BCUT2D eigenvalue weighted by Crippen LogP contribution is 2.24. The van der Waals surface area contributed by atoms with Crippen molar-refractivity contribution in [1.29, 1.82) is 0 Å². The molecule has 0 fully saturated rings. The second kappa shape index (κ2) is 10.2. The predicted octanol–water partition coefficient (Wildman–Crippen LogP) is 2.06. The summed E-state index contributed by atoms with van der Waals surface area (Å²) in [5.74, 6) is -0.0172. The standard InChI is InChI=1S/C18H21N5O3S2/c1-26-10-5-9-23-17(25)21-22-18(23)28-12-14(24)20-15(16-19-8-11-27-16)13-6-3-2-4-7-13/h2-4,6-8,11,15H,5,9-10,12H2,1H3,(H,20,24)(H,21,25). The van der Waals surface area contributed by atoms with Crippen LogP contribution in [0.5, 0.6) is 0 Å². The average molecular weight is 420 g/mol. The highest BCUT2D eigenvalue weighted by atomic mass is 32.2. The number of aromatic nitrogens is 4. The molecule has 2 heterocycles. The van der Waals surface area contributed by atoms with Crippen molar-refractivity contribution in [1.82, 2.24) is 25.1 Å². The second-order valence-electron chi connectivity index (χ2n) is 5.88. The van der Waals surface area contributed by atoms with Crippen LogP contribution in [0.15, 0.2) is 51.9 Å². The molecular weight excluding hydrogens is 398 g/mol. The number of carbonyl (C=O) groups is 1. The lowest BCUT2D eigenvalue weighted by atomic mass is 10.1. The van der Waals surface area contributed by atoms with Crippen LogP contribution < -0.4 is 11.0 Å². The van der Waals surface area contributed by atoms with E-state index in [1.807, 2.05) is 35.7 Å². The second-order valence-corrected chi connectivity index (χ2v) is 7.75. The van der Waals surface area contributed by atoms with Crippen molar-refractivity contribution in [3.63, 3.8) is 0 Å². The maximum atomic E-state index is 12.6. The first kappa shape index (κ1) is 20.3. The number of benzene rings is 1. The fourth-order valence-corrected chi connectivity index (χ4v) is 4.12. The number of amides is 1. The number of ether oxygens (including phenoxy) is 1. The normalized spacial score (nSPS) is 12.0. The monoisotopic (exact) mass is 419 g/mol. The number of nitrogens with one attached hydrogen (secondary N) is 2. The highest BCUT2D eigenvalue weighted by Gasteiger charge is 2.20. The van der Waals surface area contributed by atoms with Gasteiger partial charge in [0.15, 0.2) is 5.16 Å². The van der Waals surface area contributed by atoms with Gasteiger partial charge in [-0.2, -0.15) is 0 Å². The molecular formula is C18H21N5O3S2. The Kier molecular flexibility index (Phi) is 7.40. The van der Waals surface area contributed by atoms with E-state index in [0.29, 0.717) is 24.7 Å². The molecule has 28 heavy (non-hydrogen) atoms. The van der Waals surface area contributed by atoms with Gasteiger partial charge in [0.2, 0.25) is 5.91 Å². The highest BCUT2D eigenvalue weighted by molar-refractivity contribution is 7.99. The smallest absolute Gasteiger partial charge is 0.343 e. The molecule has 10 heteroatoms. The average Bonchev–Trinajstić information content (AvgIpc) is 3.36. The van der Waals surface area contributed by atoms with Gasteiger partial charge in [0.05, 0.1) is 5.75 Å². The van der Waals surface area contributed by atoms with Crippen LogP contribution in [0.1, 0.15) is 23.0 Å². The lowest BCUT2D eigenvalue weighted by Gasteiger charge is -2.17. The molecule has 0 saturated carbocycles. The van der Waals surface area contributed by atoms with E-state index in [0.717, 1.165) is 10.6 Å². The summed E-state index contributed by atoms with van der Waals surface area (Å²) in [6.07, 6.45) is 2.41. The molecule has 3 rings (SSSR count). The molecule has 148 valence electrons. The number of methoxy groups -OCH3 is 1. The number of thioether (sulfide) groups is 1. The van der Waals surface area contributed by atoms with Gasteiger partial charge in [0.1, 0.15) is 11.0 Å². The van der Waals surface area contributed by atoms with Crippen molar-refractivity contribution in [2.75, 3.05) is 19.5 Å². The number of rotatable bonds is 10. The molecule has 0 aliphatic carbocycles. The van der Waals surface area contributed by atoms with E-state index in [2.05, 4.69) is 20.5 Å². The van der Waals surface area contributed by atoms with Crippen molar-refractivity contribution < 1.29 is 9.53 Å². The SMILES string of the molecule is COCCCn1c(SCC(=O)NC(c2ccccc2)c2nccs2)n[nH]c1=O. The summed E-state index contributed by atoms with van der Waals surface area (Å²) in [6.45, 7) is 1.04. The van der Waals surface area contributed by atoms with Gasteiger partial charge in [-0.25, -0.2) is 14.9 Å². The summed E-state index contributed by atoms with van der Waals surface area (Å²) in [4.78, 5) is 28.8.